The van der Waals surface area contributed by atoms with Gasteiger partial charge in [-0.2, -0.15) is 13.2 Å². The summed E-state index contributed by atoms with van der Waals surface area (Å²) in [5.74, 6) is -1.52. The average Bonchev–Trinajstić information content (AvgIpc) is 3.58. The van der Waals surface area contributed by atoms with E-state index in [0.717, 1.165) is 43.7 Å². The minimum Gasteiger partial charge on any atom is -0.489 e. The van der Waals surface area contributed by atoms with Crippen molar-refractivity contribution in [1.29, 1.82) is 0 Å². The molecule has 2 aromatic carbocycles. The van der Waals surface area contributed by atoms with Crippen LogP contribution in [0.25, 0.3) is 0 Å². The molecule has 0 spiro atoms. The second-order valence-corrected chi connectivity index (χ2v) is 10.9. The van der Waals surface area contributed by atoms with Crippen LogP contribution >= 0.6 is 0 Å². The quantitative estimate of drug-likeness (QED) is 0.553. The van der Waals surface area contributed by atoms with E-state index in [9.17, 15) is 30.8 Å². The summed E-state index contributed by atoms with van der Waals surface area (Å²) in [4.78, 5) is 14.2. The number of piperidine rings is 1. The Hall–Kier alpha value is -2.66. The van der Waals surface area contributed by atoms with Gasteiger partial charge in [-0.15, -0.1) is 0 Å². The fourth-order valence-electron chi connectivity index (χ4n) is 4.32. The normalized spacial score (nSPS) is 19.4. The van der Waals surface area contributed by atoms with E-state index in [1.807, 2.05) is 4.90 Å². The van der Waals surface area contributed by atoms with Gasteiger partial charge < -0.3 is 4.74 Å². The molecule has 1 aliphatic heterocycles. The van der Waals surface area contributed by atoms with Crippen molar-refractivity contribution in [3.05, 3.63) is 64.5 Å². The molecule has 1 unspecified atom stereocenters. The maximum atomic E-state index is 14.8. The van der Waals surface area contributed by atoms with E-state index in [-0.39, 0.29) is 17.6 Å². The van der Waals surface area contributed by atoms with Crippen LogP contribution in [-0.2, 0) is 22.7 Å². The molecule has 1 atom stereocenters. The third kappa shape index (κ3) is 6.72. The number of sulfonamides is 1. The zero-order valence-corrected chi connectivity index (χ0v) is 19.9. The summed E-state index contributed by atoms with van der Waals surface area (Å²) in [6, 6.07) is 7.70. The summed E-state index contributed by atoms with van der Waals surface area (Å²) in [7, 11) is -3.85. The number of likely N-dealkylation sites (tertiary alicyclic amines) is 1. The first kappa shape index (κ1) is 25.4. The molecular formula is C24H26F4N2O4S. The number of benzene rings is 2. The molecule has 1 aliphatic carbocycles. The molecule has 0 radical (unpaired) electrons. The highest BCUT2D eigenvalue weighted by molar-refractivity contribution is 7.89. The average molecular weight is 515 g/mol. The molecule has 1 saturated heterocycles. The lowest BCUT2D eigenvalue weighted by Crippen LogP contribution is -2.40. The van der Waals surface area contributed by atoms with E-state index in [1.165, 1.54) is 12.1 Å². The second-order valence-electron chi connectivity index (χ2n) is 9.16. The Morgan fingerprint density at radius 1 is 1.17 bits per heavy atom. The van der Waals surface area contributed by atoms with E-state index in [1.54, 1.807) is 10.8 Å². The molecule has 1 amide bonds. The molecule has 190 valence electrons. The van der Waals surface area contributed by atoms with Crippen LogP contribution in [0.15, 0.2) is 36.4 Å². The molecule has 1 heterocycles. The summed E-state index contributed by atoms with van der Waals surface area (Å²) in [5.41, 5.74) is 0.148. The van der Waals surface area contributed by atoms with Gasteiger partial charge in [0, 0.05) is 19.2 Å². The van der Waals surface area contributed by atoms with Gasteiger partial charge in [-0.05, 0) is 61.4 Å². The van der Waals surface area contributed by atoms with Gasteiger partial charge in [0.2, 0.25) is 10.0 Å². The predicted octanol–water partition coefficient (Wildman–Crippen LogP) is 4.45. The number of nitrogens with one attached hydrogen (secondary N) is 1. The zero-order chi connectivity index (χ0) is 25.4. The molecule has 0 bridgehead atoms. The van der Waals surface area contributed by atoms with Gasteiger partial charge in [-0.1, -0.05) is 18.2 Å². The van der Waals surface area contributed by atoms with Crippen molar-refractivity contribution in [2.75, 3.05) is 19.3 Å². The number of carbonyl (C=O) groups is 1. The van der Waals surface area contributed by atoms with Crippen LogP contribution in [0.3, 0.4) is 0 Å². The maximum absolute atomic E-state index is 14.8. The Kier molecular flexibility index (Phi) is 7.10. The first-order valence-corrected chi connectivity index (χ1v) is 13.2. The van der Waals surface area contributed by atoms with Gasteiger partial charge in [0.1, 0.15) is 17.7 Å². The topological polar surface area (TPSA) is 75.7 Å². The molecule has 11 heteroatoms. The molecule has 2 aliphatic rings. The monoisotopic (exact) mass is 514 g/mol. The zero-order valence-electron chi connectivity index (χ0n) is 19.1. The number of halogens is 4. The summed E-state index contributed by atoms with van der Waals surface area (Å²) in [6.45, 7) is 1.49. The van der Waals surface area contributed by atoms with Gasteiger partial charge >= 0.3 is 6.18 Å². The molecule has 0 aromatic heterocycles. The summed E-state index contributed by atoms with van der Waals surface area (Å²) < 4.78 is 84.5. The maximum Gasteiger partial charge on any atom is 0.416 e. The van der Waals surface area contributed by atoms with Crippen molar-refractivity contribution in [3.8, 4) is 5.75 Å². The van der Waals surface area contributed by atoms with E-state index >= 15 is 0 Å². The fraction of sp³-hybridized carbons (Fsp3) is 0.458. The molecule has 4 rings (SSSR count). The van der Waals surface area contributed by atoms with Crippen molar-refractivity contribution in [2.45, 2.75) is 50.4 Å². The van der Waals surface area contributed by atoms with Gasteiger partial charge in [-0.25, -0.2) is 17.5 Å². The molecule has 2 fully saturated rings. The van der Waals surface area contributed by atoms with Crippen molar-refractivity contribution in [1.82, 2.24) is 9.62 Å². The minimum atomic E-state index is -4.41. The van der Waals surface area contributed by atoms with Crippen molar-refractivity contribution < 1.29 is 35.5 Å². The molecular weight excluding hydrogens is 488 g/mol. The highest BCUT2D eigenvalue weighted by atomic mass is 32.2. The predicted molar refractivity (Wildman–Crippen MR) is 121 cm³/mol. The van der Waals surface area contributed by atoms with Crippen molar-refractivity contribution in [3.63, 3.8) is 0 Å². The van der Waals surface area contributed by atoms with Crippen LogP contribution in [0.4, 0.5) is 17.6 Å². The second kappa shape index (κ2) is 9.77. The first-order chi connectivity index (χ1) is 16.4. The lowest BCUT2D eigenvalue weighted by Gasteiger charge is -2.33. The Morgan fingerprint density at radius 3 is 2.57 bits per heavy atom. The summed E-state index contributed by atoms with van der Waals surface area (Å²) in [5, 5.41) is 0. The van der Waals surface area contributed by atoms with E-state index in [2.05, 4.69) is 0 Å². The van der Waals surface area contributed by atoms with Crippen LogP contribution in [0.2, 0.25) is 0 Å². The number of alkyl halides is 3. The number of amides is 1. The van der Waals surface area contributed by atoms with Gasteiger partial charge in [0.05, 0.1) is 17.4 Å². The highest BCUT2D eigenvalue weighted by Crippen LogP contribution is 2.45. The number of ether oxygens (including phenoxy) is 1. The molecule has 35 heavy (non-hydrogen) atoms. The summed E-state index contributed by atoms with van der Waals surface area (Å²) in [6.07, 6.45) is -0.737. The lowest BCUT2D eigenvalue weighted by atomic mass is 10.0. The SMILES string of the molecule is CS(=O)(=O)NC(=O)c1cc(C2CC2)c(OC2CCCN(Cc3cccc(C(F)(F)F)c3)C2)cc1F. The standard InChI is InChI=1S/C24H26F4N2O4S/c1-35(32,33)29-23(31)20-11-19(16-7-8-16)22(12-21(20)25)34-18-6-3-9-30(14-18)13-15-4-2-5-17(10-15)24(26,27)28/h2,4-5,10-12,16,18H,3,6-9,13-14H2,1H3,(H,29,31). The number of hydrogen-bond donors (Lipinski definition) is 1. The van der Waals surface area contributed by atoms with E-state index in [4.69, 9.17) is 4.74 Å². The van der Waals surface area contributed by atoms with Gasteiger partial charge in [-0.3, -0.25) is 9.69 Å². The lowest BCUT2D eigenvalue weighted by molar-refractivity contribution is -0.137. The molecule has 1 saturated carbocycles. The third-order valence-corrected chi connectivity index (χ3v) is 6.61. The van der Waals surface area contributed by atoms with Crippen LogP contribution in [0.5, 0.6) is 5.75 Å². The highest BCUT2D eigenvalue weighted by Gasteiger charge is 2.32. The van der Waals surface area contributed by atoms with Crippen LogP contribution in [0.1, 0.15) is 58.6 Å². The van der Waals surface area contributed by atoms with E-state index < -0.39 is 33.5 Å². The Bertz CT molecular complexity index is 1210. The number of carbonyl (C=O) groups excluding carboxylic acids is 1. The Balaban J connectivity index is 1.48. The first-order valence-electron chi connectivity index (χ1n) is 11.3. The fourth-order valence-corrected chi connectivity index (χ4v) is 4.77. The Morgan fingerprint density at radius 2 is 1.91 bits per heavy atom. The van der Waals surface area contributed by atoms with Gasteiger partial charge in [0.15, 0.2) is 0 Å². The van der Waals surface area contributed by atoms with Crippen LogP contribution in [0, 0.1) is 5.82 Å². The van der Waals surface area contributed by atoms with Crippen LogP contribution in [-0.4, -0.2) is 44.7 Å². The third-order valence-electron chi connectivity index (χ3n) is 6.06. The smallest absolute Gasteiger partial charge is 0.416 e. The van der Waals surface area contributed by atoms with Crippen molar-refractivity contribution in [2.24, 2.45) is 0 Å². The minimum absolute atomic E-state index is 0.0974. The van der Waals surface area contributed by atoms with Crippen LogP contribution < -0.4 is 9.46 Å². The molecule has 6 nitrogen and oxygen atoms in total. The Labute approximate surface area is 201 Å². The van der Waals surface area contributed by atoms with Gasteiger partial charge in [0.25, 0.3) is 5.91 Å². The van der Waals surface area contributed by atoms with Crippen molar-refractivity contribution >= 4 is 15.9 Å². The van der Waals surface area contributed by atoms with E-state index in [0.29, 0.717) is 42.9 Å². The molecule has 2 aromatic rings. The summed E-state index contributed by atoms with van der Waals surface area (Å²) >= 11 is 0. The number of hydrogen-bond acceptors (Lipinski definition) is 5. The number of rotatable bonds is 7. The molecule has 1 N–H and O–H groups in total. The largest absolute Gasteiger partial charge is 0.489 e. The number of nitrogens with zero attached hydrogens (tertiary/aromatic N) is 1.